The SMILES string of the molecule is Nc1ccc2c(c1)C=C/C(=N\Nc1ccc(-c3ccc(N/N=C4/C(=O)C(S(=O)(=O)O)=Cc5cc(S(=O)(=O)O)ccc54)c(O)c3)cc1O)C2=O. The summed E-state index contributed by atoms with van der Waals surface area (Å²) in [6, 6.07) is 16.6. The van der Waals surface area contributed by atoms with Crippen molar-refractivity contribution in [3.63, 3.8) is 0 Å². The molecule has 2 aliphatic carbocycles. The lowest BCUT2D eigenvalue weighted by atomic mass is 9.94. The molecule has 0 atom stereocenters. The summed E-state index contributed by atoms with van der Waals surface area (Å²) in [6.07, 6.45) is 3.98. The van der Waals surface area contributed by atoms with Crippen LogP contribution in [0.1, 0.15) is 27.0 Å². The third-order valence-corrected chi connectivity index (χ3v) is 9.18. The van der Waals surface area contributed by atoms with E-state index in [0.717, 1.165) is 24.3 Å². The Morgan fingerprint density at radius 1 is 0.633 bits per heavy atom. The topological polar surface area (TPSA) is 258 Å². The Kier molecular flexibility index (Phi) is 8.13. The molecule has 0 saturated heterocycles. The van der Waals surface area contributed by atoms with Crippen LogP contribution in [-0.2, 0) is 25.0 Å². The van der Waals surface area contributed by atoms with Crippen LogP contribution in [-0.4, -0.2) is 59.1 Å². The normalized spacial score (nSPS) is 15.9. The summed E-state index contributed by atoms with van der Waals surface area (Å²) in [5, 5.41) is 29.4. The number of allylic oxidation sites excluding steroid dienone is 2. The molecular formula is C32H23N5O10S2. The minimum absolute atomic E-state index is 0.0263. The number of phenolic OH excluding ortho intramolecular Hbond substituents is 2. The summed E-state index contributed by atoms with van der Waals surface area (Å²) in [6.45, 7) is 0. The number of hydrogen-bond acceptors (Lipinski definition) is 13. The molecule has 4 aromatic rings. The van der Waals surface area contributed by atoms with Gasteiger partial charge in [0, 0.05) is 16.8 Å². The fourth-order valence-corrected chi connectivity index (χ4v) is 6.15. The number of fused-ring (bicyclic) bond motifs is 2. The first-order valence-corrected chi connectivity index (χ1v) is 16.8. The predicted octanol–water partition coefficient (Wildman–Crippen LogP) is 3.90. The standard InChI is InChI=1S/C32H23N5O10S2/c33-20-4-6-23-18(11-20)3-10-26(31(23)40)36-34-24-8-1-16(13-27(24)38)17-2-9-25(28(39)14-17)35-37-30-22-7-5-21(48(42,43)44)12-19(22)15-29(32(30)41)49(45,46)47/h1-15,34-35,38-39H,33H2,(H,42,43,44)(H,45,46,47)/b36-26+,37-30+. The number of benzene rings is 4. The van der Waals surface area contributed by atoms with Crippen LogP contribution in [0, 0.1) is 0 Å². The smallest absolute Gasteiger partial charge is 0.298 e. The number of carbonyl (C=O) groups excluding carboxylic acids is 2. The molecule has 248 valence electrons. The van der Waals surface area contributed by atoms with Crippen LogP contribution in [0.5, 0.6) is 11.5 Å². The number of nitrogens with two attached hydrogens (primary N) is 1. The largest absolute Gasteiger partial charge is 0.506 e. The lowest BCUT2D eigenvalue weighted by Gasteiger charge is -2.17. The molecule has 15 nitrogen and oxygen atoms in total. The van der Waals surface area contributed by atoms with Crippen LogP contribution in [0.4, 0.5) is 17.1 Å². The maximum Gasteiger partial charge on any atom is 0.298 e. The van der Waals surface area contributed by atoms with E-state index in [1.54, 1.807) is 36.4 Å². The maximum absolute atomic E-state index is 13.0. The number of hydrazone groups is 2. The average molecular weight is 702 g/mol. The molecule has 0 aliphatic heterocycles. The molecule has 0 bridgehead atoms. The Bertz CT molecular complexity index is 2470. The predicted molar refractivity (Wildman–Crippen MR) is 181 cm³/mol. The average Bonchev–Trinajstić information content (AvgIpc) is 3.03. The van der Waals surface area contributed by atoms with E-state index in [1.165, 1.54) is 30.3 Å². The van der Waals surface area contributed by atoms with Gasteiger partial charge in [-0.3, -0.25) is 29.5 Å². The molecule has 0 heterocycles. The van der Waals surface area contributed by atoms with Gasteiger partial charge in [0.2, 0.25) is 11.6 Å². The second-order valence-electron chi connectivity index (χ2n) is 10.7. The number of ketones is 2. The van der Waals surface area contributed by atoms with Crippen LogP contribution in [0.3, 0.4) is 0 Å². The van der Waals surface area contributed by atoms with Crippen molar-refractivity contribution in [2.24, 2.45) is 10.2 Å². The van der Waals surface area contributed by atoms with E-state index in [2.05, 4.69) is 21.1 Å². The van der Waals surface area contributed by atoms with Gasteiger partial charge in [0.15, 0.2) is 0 Å². The molecule has 6 rings (SSSR count). The highest BCUT2D eigenvalue weighted by atomic mass is 32.2. The Morgan fingerprint density at radius 2 is 1.24 bits per heavy atom. The van der Waals surface area contributed by atoms with Gasteiger partial charge in [0.1, 0.15) is 27.8 Å². The van der Waals surface area contributed by atoms with Crippen molar-refractivity contribution in [1.29, 1.82) is 0 Å². The second kappa shape index (κ2) is 12.1. The first kappa shape index (κ1) is 32.8. The van der Waals surface area contributed by atoms with Gasteiger partial charge in [-0.05, 0) is 89.0 Å². The molecule has 0 radical (unpaired) electrons. The molecule has 49 heavy (non-hydrogen) atoms. The summed E-state index contributed by atoms with van der Waals surface area (Å²) >= 11 is 0. The number of carbonyl (C=O) groups is 2. The van der Waals surface area contributed by atoms with Crippen molar-refractivity contribution in [1.82, 2.24) is 0 Å². The number of nitrogens with zero attached hydrogens (tertiary/aromatic N) is 2. The highest BCUT2D eigenvalue weighted by molar-refractivity contribution is 7.91. The summed E-state index contributed by atoms with van der Waals surface area (Å²) in [5.41, 5.74) is 13.0. The zero-order valence-electron chi connectivity index (χ0n) is 24.7. The number of anilines is 3. The van der Waals surface area contributed by atoms with Gasteiger partial charge < -0.3 is 15.9 Å². The lowest BCUT2D eigenvalue weighted by molar-refractivity contribution is -0.109. The van der Waals surface area contributed by atoms with Crippen molar-refractivity contribution in [3.05, 3.63) is 106 Å². The van der Waals surface area contributed by atoms with Gasteiger partial charge in [-0.2, -0.15) is 27.0 Å². The zero-order chi connectivity index (χ0) is 35.2. The Morgan fingerprint density at radius 3 is 1.84 bits per heavy atom. The molecule has 0 saturated carbocycles. The van der Waals surface area contributed by atoms with Crippen LogP contribution in [0.25, 0.3) is 23.3 Å². The van der Waals surface area contributed by atoms with Gasteiger partial charge in [-0.25, -0.2) is 0 Å². The highest BCUT2D eigenvalue weighted by Gasteiger charge is 2.34. The number of nitrogen functional groups attached to an aromatic ring is 1. The summed E-state index contributed by atoms with van der Waals surface area (Å²) in [5.74, 6) is -2.12. The minimum atomic E-state index is -5.07. The Balaban J connectivity index is 1.22. The highest BCUT2D eigenvalue weighted by Crippen LogP contribution is 2.35. The Hall–Kier alpha value is -6.14. The van der Waals surface area contributed by atoms with E-state index in [-0.39, 0.29) is 45.5 Å². The molecule has 0 amide bonds. The van der Waals surface area contributed by atoms with Crippen molar-refractivity contribution in [2.45, 2.75) is 4.90 Å². The van der Waals surface area contributed by atoms with E-state index < -0.39 is 41.5 Å². The fraction of sp³-hybridized carbons (Fsp3) is 0. The third-order valence-electron chi connectivity index (χ3n) is 7.47. The number of Topliss-reactive ketones (excluding diaryl/α,β-unsaturated/α-hetero) is 2. The monoisotopic (exact) mass is 701 g/mol. The fourth-order valence-electron chi connectivity index (χ4n) is 5.03. The van der Waals surface area contributed by atoms with Crippen molar-refractivity contribution in [2.75, 3.05) is 16.6 Å². The molecule has 8 N–H and O–H groups in total. The van der Waals surface area contributed by atoms with Crippen LogP contribution < -0.4 is 16.6 Å². The van der Waals surface area contributed by atoms with E-state index in [4.69, 9.17) is 5.73 Å². The number of phenols is 2. The molecule has 17 heteroatoms. The maximum atomic E-state index is 13.0. The first-order chi connectivity index (χ1) is 23.1. The number of rotatable bonds is 7. The van der Waals surface area contributed by atoms with Crippen LogP contribution in [0.2, 0.25) is 0 Å². The van der Waals surface area contributed by atoms with E-state index in [1.807, 2.05) is 0 Å². The second-order valence-corrected chi connectivity index (χ2v) is 13.5. The summed E-state index contributed by atoms with van der Waals surface area (Å²) in [7, 11) is -9.76. The van der Waals surface area contributed by atoms with Gasteiger partial charge in [0.25, 0.3) is 20.2 Å². The van der Waals surface area contributed by atoms with Gasteiger partial charge in [0.05, 0.1) is 16.3 Å². The third kappa shape index (κ3) is 6.54. The molecular weight excluding hydrogens is 679 g/mol. The van der Waals surface area contributed by atoms with Crippen molar-refractivity contribution >= 4 is 72.4 Å². The Labute approximate surface area is 277 Å². The zero-order valence-corrected chi connectivity index (χ0v) is 26.3. The van der Waals surface area contributed by atoms with Crippen molar-refractivity contribution in [3.8, 4) is 22.6 Å². The first-order valence-electron chi connectivity index (χ1n) is 13.9. The number of aromatic hydroxyl groups is 2. The van der Waals surface area contributed by atoms with Gasteiger partial charge >= 0.3 is 0 Å². The van der Waals surface area contributed by atoms with Gasteiger partial charge in [-0.15, -0.1) is 0 Å². The quantitative estimate of drug-likeness (QED) is 0.0625. The molecule has 0 aromatic heterocycles. The van der Waals surface area contributed by atoms with Gasteiger partial charge in [-0.1, -0.05) is 24.3 Å². The van der Waals surface area contributed by atoms with Crippen LogP contribution in [0.15, 0.2) is 98.9 Å². The van der Waals surface area contributed by atoms with E-state index >= 15 is 0 Å². The lowest BCUT2D eigenvalue weighted by Crippen LogP contribution is -2.27. The number of hydrogen-bond donors (Lipinski definition) is 7. The van der Waals surface area contributed by atoms with Crippen LogP contribution >= 0.6 is 0 Å². The molecule has 2 aliphatic rings. The van der Waals surface area contributed by atoms with Crippen molar-refractivity contribution < 1.29 is 45.7 Å². The van der Waals surface area contributed by atoms with E-state index in [9.17, 15) is 45.7 Å². The molecule has 0 unspecified atom stereocenters. The summed E-state index contributed by atoms with van der Waals surface area (Å²) in [4.78, 5) is 24.1. The summed E-state index contributed by atoms with van der Waals surface area (Å²) < 4.78 is 65.9. The number of nitrogens with one attached hydrogen (secondary N) is 2. The molecule has 4 aromatic carbocycles. The molecule has 0 spiro atoms. The minimum Gasteiger partial charge on any atom is -0.506 e. The van der Waals surface area contributed by atoms with E-state index in [0.29, 0.717) is 27.9 Å². The molecule has 0 fully saturated rings.